The molecule has 7 heteroatoms. The normalized spacial score (nSPS) is 18.3. The lowest BCUT2D eigenvalue weighted by Crippen LogP contribution is -2.42. The van der Waals surface area contributed by atoms with Crippen molar-refractivity contribution < 1.29 is 14.7 Å². The fourth-order valence-corrected chi connectivity index (χ4v) is 4.52. The number of carboxylic acid groups (broad SMARTS) is 1. The molecule has 144 valence electrons. The summed E-state index contributed by atoms with van der Waals surface area (Å²) >= 11 is 7.96. The first-order chi connectivity index (χ1) is 12.5. The van der Waals surface area contributed by atoms with Gasteiger partial charge in [-0.3, -0.25) is 9.59 Å². The molecule has 1 aromatic carbocycles. The number of hydrogen-bond donors (Lipinski definition) is 1. The molecular weight excluding hydrogens is 372 g/mol. The Morgan fingerprint density at radius 1 is 1.31 bits per heavy atom. The Labute approximate surface area is 164 Å². The zero-order chi connectivity index (χ0) is 18.9. The molecule has 0 bridgehead atoms. The van der Waals surface area contributed by atoms with Gasteiger partial charge >= 0.3 is 5.97 Å². The van der Waals surface area contributed by atoms with Crippen molar-refractivity contribution in [2.24, 2.45) is 0 Å². The number of amides is 1. The van der Waals surface area contributed by atoms with E-state index in [0.29, 0.717) is 0 Å². The summed E-state index contributed by atoms with van der Waals surface area (Å²) in [5.74, 6) is -0.0812. The van der Waals surface area contributed by atoms with Crippen LogP contribution >= 0.6 is 23.4 Å². The topological polar surface area (TPSA) is 60.9 Å². The molecule has 1 N–H and O–H groups in total. The van der Waals surface area contributed by atoms with E-state index in [9.17, 15) is 9.59 Å². The quantitative estimate of drug-likeness (QED) is 0.535. The van der Waals surface area contributed by atoms with Gasteiger partial charge in [-0.25, -0.2) is 0 Å². The highest BCUT2D eigenvalue weighted by molar-refractivity contribution is 7.99. The molecule has 0 spiro atoms. The van der Waals surface area contributed by atoms with E-state index in [2.05, 4.69) is 4.90 Å². The van der Waals surface area contributed by atoms with Crippen LogP contribution in [0.2, 0.25) is 5.02 Å². The number of aliphatic carboxylic acids is 1. The van der Waals surface area contributed by atoms with Crippen LogP contribution in [-0.2, 0) is 9.59 Å². The number of carbonyl (C=O) groups excluding carboxylic acids is 1. The van der Waals surface area contributed by atoms with Crippen molar-refractivity contribution in [3.05, 3.63) is 29.3 Å². The Bertz CT molecular complexity index is 614. The fraction of sp³-hybridized carbons (Fsp3) is 0.579. The van der Waals surface area contributed by atoms with E-state index in [1.54, 1.807) is 11.8 Å². The number of thioether (sulfide) groups is 1. The summed E-state index contributed by atoms with van der Waals surface area (Å²) < 4.78 is 0. The van der Waals surface area contributed by atoms with Gasteiger partial charge in [-0.05, 0) is 56.7 Å². The molecule has 1 saturated heterocycles. The van der Waals surface area contributed by atoms with Crippen LogP contribution in [-0.4, -0.2) is 64.8 Å². The first-order valence-corrected chi connectivity index (χ1v) is 10.4. The molecule has 1 unspecified atom stereocenters. The van der Waals surface area contributed by atoms with E-state index in [4.69, 9.17) is 16.7 Å². The Balaban J connectivity index is 1.75. The molecule has 1 aliphatic heterocycles. The number of carbonyl (C=O) groups is 2. The highest BCUT2D eigenvalue weighted by Crippen LogP contribution is 2.27. The van der Waals surface area contributed by atoms with Crippen LogP contribution in [0.3, 0.4) is 0 Å². The van der Waals surface area contributed by atoms with Crippen LogP contribution in [0.15, 0.2) is 29.2 Å². The van der Waals surface area contributed by atoms with Gasteiger partial charge in [0, 0.05) is 24.4 Å². The Hall–Kier alpha value is -1.24. The molecule has 2 rings (SSSR count). The second kappa shape index (κ2) is 10.8. The van der Waals surface area contributed by atoms with E-state index in [0.717, 1.165) is 61.0 Å². The minimum atomic E-state index is -0.946. The van der Waals surface area contributed by atoms with Crippen molar-refractivity contribution in [1.29, 1.82) is 0 Å². The number of nitrogens with zero attached hydrogens (tertiary/aromatic N) is 2. The molecule has 0 aliphatic carbocycles. The SMILES string of the molecule is CC(=O)N(CC(=O)O)C1CCCN(CCCSc2ccccc2Cl)CC1. The van der Waals surface area contributed by atoms with Crippen LogP contribution < -0.4 is 0 Å². The predicted molar refractivity (Wildman–Crippen MR) is 106 cm³/mol. The number of likely N-dealkylation sites (tertiary alicyclic amines) is 1. The summed E-state index contributed by atoms with van der Waals surface area (Å²) in [4.78, 5) is 27.8. The summed E-state index contributed by atoms with van der Waals surface area (Å²) in [6, 6.07) is 7.93. The van der Waals surface area contributed by atoms with E-state index in [1.807, 2.05) is 24.3 Å². The van der Waals surface area contributed by atoms with Crippen LogP contribution in [0.25, 0.3) is 0 Å². The van der Waals surface area contributed by atoms with Gasteiger partial charge in [0.25, 0.3) is 0 Å². The molecule has 0 aromatic heterocycles. The third kappa shape index (κ3) is 6.82. The second-order valence-corrected chi connectivity index (χ2v) is 8.14. The van der Waals surface area contributed by atoms with Crippen molar-refractivity contribution in [3.63, 3.8) is 0 Å². The highest BCUT2D eigenvalue weighted by atomic mass is 35.5. The average Bonchev–Trinajstić information content (AvgIpc) is 2.83. The number of carboxylic acids is 1. The lowest BCUT2D eigenvalue weighted by molar-refractivity contribution is -0.145. The van der Waals surface area contributed by atoms with Gasteiger partial charge < -0.3 is 14.9 Å². The minimum absolute atomic E-state index is 0.0334. The zero-order valence-electron chi connectivity index (χ0n) is 15.2. The van der Waals surface area contributed by atoms with Crippen molar-refractivity contribution in [3.8, 4) is 0 Å². The minimum Gasteiger partial charge on any atom is -0.480 e. The van der Waals surface area contributed by atoms with Gasteiger partial charge in [-0.2, -0.15) is 0 Å². The molecule has 1 amide bonds. The van der Waals surface area contributed by atoms with Crippen molar-refractivity contribution >= 4 is 35.2 Å². The number of hydrogen-bond acceptors (Lipinski definition) is 4. The fourth-order valence-electron chi connectivity index (χ4n) is 3.35. The monoisotopic (exact) mass is 398 g/mol. The second-order valence-electron chi connectivity index (χ2n) is 6.60. The molecule has 1 heterocycles. The van der Waals surface area contributed by atoms with Gasteiger partial charge in [0.05, 0.1) is 5.02 Å². The Kier molecular flexibility index (Phi) is 8.75. The van der Waals surface area contributed by atoms with E-state index in [1.165, 1.54) is 11.8 Å². The van der Waals surface area contributed by atoms with Gasteiger partial charge in [0.2, 0.25) is 5.91 Å². The smallest absolute Gasteiger partial charge is 0.323 e. The zero-order valence-corrected chi connectivity index (χ0v) is 16.8. The lowest BCUT2D eigenvalue weighted by Gasteiger charge is -2.29. The maximum atomic E-state index is 11.8. The van der Waals surface area contributed by atoms with E-state index in [-0.39, 0.29) is 18.5 Å². The maximum absolute atomic E-state index is 11.8. The van der Waals surface area contributed by atoms with E-state index >= 15 is 0 Å². The average molecular weight is 399 g/mol. The van der Waals surface area contributed by atoms with Crippen molar-refractivity contribution in [2.75, 3.05) is 31.9 Å². The number of halogens is 1. The summed E-state index contributed by atoms with van der Waals surface area (Å²) in [6.45, 7) is 4.19. The molecular formula is C19H27ClN2O3S. The first-order valence-electron chi connectivity index (χ1n) is 9.06. The van der Waals surface area contributed by atoms with Crippen LogP contribution in [0.5, 0.6) is 0 Å². The summed E-state index contributed by atoms with van der Waals surface area (Å²) in [5.41, 5.74) is 0. The molecule has 5 nitrogen and oxygen atoms in total. The third-order valence-corrected chi connectivity index (χ3v) is 6.26. The molecule has 1 aromatic rings. The van der Waals surface area contributed by atoms with Gasteiger partial charge in [0.1, 0.15) is 6.54 Å². The van der Waals surface area contributed by atoms with Crippen LogP contribution in [0.4, 0.5) is 0 Å². The molecule has 26 heavy (non-hydrogen) atoms. The summed E-state index contributed by atoms with van der Waals surface area (Å²) in [5, 5.41) is 9.83. The van der Waals surface area contributed by atoms with Crippen molar-refractivity contribution in [1.82, 2.24) is 9.80 Å². The first kappa shape index (κ1) is 21.1. The largest absolute Gasteiger partial charge is 0.480 e. The number of rotatable bonds is 8. The molecule has 0 radical (unpaired) electrons. The maximum Gasteiger partial charge on any atom is 0.323 e. The molecule has 0 saturated carbocycles. The third-order valence-electron chi connectivity index (χ3n) is 4.65. The van der Waals surface area contributed by atoms with Gasteiger partial charge in [-0.15, -0.1) is 11.8 Å². The standard InChI is InChI=1S/C19H27ClN2O3S/c1-15(23)22(14-19(24)25)16-6-4-10-21(12-9-16)11-5-13-26-18-8-3-2-7-17(18)20/h2-3,7-8,16H,4-6,9-14H2,1H3,(H,24,25). The lowest BCUT2D eigenvalue weighted by atomic mass is 10.1. The molecule has 1 aliphatic rings. The van der Waals surface area contributed by atoms with Crippen LogP contribution in [0, 0.1) is 0 Å². The van der Waals surface area contributed by atoms with Crippen LogP contribution in [0.1, 0.15) is 32.6 Å². The molecule has 1 atom stereocenters. The van der Waals surface area contributed by atoms with Gasteiger partial charge in [-0.1, -0.05) is 23.7 Å². The van der Waals surface area contributed by atoms with E-state index < -0.39 is 5.97 Å². The summed E-state index contributed by atoms with van der Waals surface area (Å²) in [7, 11) is 0. The van der Waals surface area contributed by atoms with Gasteiger partial charge in [0.15, 0.2) is 0 Å². The summed E-state index contributed by atoms with van der Waals surface area (Å²) in [6.07, 6.45) is 3.78. The number of benzene rings is 1. The Morgan fingerprint density at radius 3 is 2.77 bits per heavy atom. The predicted octanol–water partition coefficient (Wildman–Crippen LogP) is 3.61. The highest BCUT2D eigenvalue weighted by Gasteiger charge is 2.25. The van der Waals surface area contributed by atoms with Crippen molar-refractivity contribution in [2.45, 2.75) is 43.5 Å². The Morgan fingerprint density at radius 2 is 2.08 bits per heavy atom. The molecule has 1 fully saturated rings.